The Morgan fingerprint density at radius 3 is 2.71 bits per heavy atom. The highest BCUT2D eigenvalue weighted by atomic mass is 16.5. The Morgan fingerprint density at radius 1 is 1.19 bits per heavy atom. The molecule has 0 unspecified atom stereocenters. The van der Waals surface area contributed by atoms with Crippen molar-refractivity contribution in [3.8, 4) is 5.75 Å². The van der Waals surface area contributed by atoms with Crippen LogP contribution in [0.4, 0.5) is 0 Å². The second-order valence-corrected chi connectivity index (χ2v) is 7.06. The largest absolute Gasteiger partial charge is 0.497 e. The topological polar surface area (TPSA) is 12.5 Å². The van der Waals surface area contributed by atoms with E-state index in [0.717, 1.165) is 24.1 Å². The quantitative estimate of drug-likeness (QED) is 0.829. The van der Waals surface area contributed by atoms with Crippen LogP contribution in [-0.2, 0) is 0 Å². The number of benzene rings is 1. The number of allylic oxidation sites excluding steroid dienone is 1. The van der Waals surface area contributed by atoms with Gasteiger partial charge in [-0.25, -0.2) is 0 Å². The van der Waals surface area contributed by atoms with Gasteiger partial charge in [-0.05, 0) is 86.9 Å². The molecule has 0 heterocycles. The van der Waals surface area contributed by atoms with Crippen LogP contribution < -0.4 is 4.74 Å². The highest BCUT2D eigenvalue weighted by Gasteiger charge is 2.37. The van der Waals surface area contributed by atoms with E-state index < -0.39 is 0 Å². The molecule has 0 spiro atoms. The summed E-state index contributed by atoms with van der Waals surface area (Å²) in [5.41, 5.74) is 4.21. The average molecular weight is 285 g/mol. The van der Waals surface area contributed by atoms with Crippen molar-refractivity contribution in [1.29, 1.82) is 0 Å². The summed E-state index contributed by atoms with van der Waals surface area (Å²) in [6, 6.07) is 6.65. The highest BCUT2D eigenvalue weighted by molar-refractivity contribution is 5.71. The maximum atomic E-state index is 5.47. The first-order valence-corrected chi connectivity index (χ1v) is 8.09. The first-order chi connectivity index (χ1) is 10.1. The zero-order valence-electron chi connectivity index (χ0n) is 13.7. The van der Waals surface area contributed by atoms with Gasteiger partial charge in [0, 0.05) is 6.54 Å². The van der Waals surface area contributed by atoms with Crippen molar-refractivity contribution in [2.75, 3.05) is 27.7 Å². The lowest BCUT2D eigenvalue weighted by atomic mass is 9.76. The van der Waals surface area contributed by atoms with Crippen LogP contribution in [0.15, 0.2) is 24.3 Å². The van der Waals surface area contributed by atoms with Crippen LogP contribution in [0.1, 0.15) is 30.4 Å². The van der Waals surface area contributed by atoms with Gasteiger partial charge in [0.2, 0.25) is 0 Å². The summed E-state index contributed by atoms with van der Waals surface area (Å²) in [5.74, 6) is 3.32. The molecule has 1 saturated carbocycles. The Kier molecular flexibility index (Phi) is 4.08. The van der Waals surface area contributed by atoms with Crippen molar-refractivity contribution in [3.05, 3.63) is 35.4 Å². The monoisotopic (exact) mass is 285 g/mol. The summed E-state index contributed by atoms with van der Waals surface area (Å²) in [6.07, 6.45) is 6.73. The minimum absolute atomic E-state index is 0.672. The Balaban J connectivity index is 1.99. The average Bonchev–Trinajstić information content (AvgIpc) is 2.83. The number of fused-ring (bicyclic) bond motifs is 2. The zero-order valence-corrected chi connectivity index (χ0v) is 13.7. The number of aryl methyl sites for hydroxylation is 1. The summed E-state index contributed by atoms with van der Waals surface area (Å²) >= 11 is 0. The number of nitrogens with zero attached hydrogens (tertiary/aromatic N) is 1. The molecule has 0 saturated heterocycles. The van der Waals surface area contributed by atoms with Gasteiger partial charge in [0.15, 0.2) is 0 Å². The number of rotatable bonds is 4. The number of methoxy groups -OCH3 is 1. The summed E-state index contributed by atoms with van der Waals surface area (Å²) in [6.45, 7) is 3.31. The molecule has 2 bridgehead atoms. The van der Waals surface area contributed by atoms with Gasteiger partial charge in [-0.15, -0.1) is 0 Å². The van der Waals surface area contributed by atoms with Crippen LogP contribution in [0.2, 0.25) is 0 Å². The second-order valence-electron chi connectivity index (χ2n) is 7.06. The van der Waals surface area contributed by atoms with E-state index >= 15 is 0 Å². The Morgan fingerprint density at radius 2 is 2.00 bits per heavy atom. The van der Waals surface area contributed by atoms with Crippen LogP contribution in [0, 0.1) is 24.7 Å². The van der Waals surface area contributed by atoms with Crippen molar-refractivity contribution < 1.29 is 4.74 Å². The van der Waals surface area contributed by atoms with Crippen LogP contribution in [-0.4, -0.2) is 32.6 Å². The molecular weight excluding hydrogens is 258 g/mol. The standard InChI is InChI=1S/C19H27NO/c1-13-7-16(11-17(8-13)21-4)18-10-14-5-6-15(9-14)19(18)12-20(2)3/h7-8,10-11,14-15,19H,5-6,9,12H2,1-4H3/t14-,15+,19-/m0/s1. The molecule has 2 aliphatic carbocycles. The fourth-order valence-electron chi connectivity index (χ4n) is 4.18. The van der Waals surface area contributed by atoms with E-state index in [0.29, 0.717) is 5.92 Å². The molecule has 21 heavy (non-hydrogen) atoms. The lowest BCUT2D eigenvalue weighted by Gasteiger charge is -2.33. The van der Waals surface area contributed by atoms with Gasteiger partial charge in [-0.2, -0.15) is 0 Å². The maximum Gasteiger partial charge on any atom is 0.119 e. The molecule has 1 aromatic rings. The molecular formula is C19H27NO. The van der Waals surface area contributed by atoms with Gasteiger partial charge in [0.05, 0.1) is 7.11 Å². The van der Waals surface area contributed by atoms with Gasteiger partial charge in [-0.3, -0.25) is 0 Å². The number of ether oxygens (including phenoxy) is 1. The molecule has 0 N–H and O–H groups in total. The molecule has 0 aromatic heterocycles. The minimum atomic E-state index is 0.672. The molecule has 3 rings (SSSR count). The minimum Gasteiger partial charge on any atom is -0.497 e. The third kappa shape index (κ3) is 3.01. The lowest BCUT2D eigenvalue weighted by molar-refractivity contribution is 0.289. The van der Waals surface area contributed by atoms with Crippen LogP contribution in [0.3, 0.4) is 0 Å². The predicted molar refractivity (Wildman–Crippen MR) is 88.6 cm³/mol. The van der Waals surface area contributed by atoms with Gasteiger partial charge in [-0.1, -0.05) is 12.1 Å². The van der Waals surface area contributed by atoms with E-state index in [1.165, 1.54) is 30.4 Å². The summed E-state index contributed by atoms with van der Waals surface area (Å²) in [4.78, 5) is 2.34. The Hall–Kier alpha value is -1.28. The summed E-state index contributed by atoms with van der Waals surface area (Å²) in [7, 11) is 6.14. The van der Waals surface area contributed by atoms with E-state index in [1.54, 1.807) is 12.7 Å². The predicted octanol–water partition coefficient (Wildman–Crippen LogP) is 3.99. The first-order valence-electron chi connectivity index (χ1n) is 8.09. The molecule has 1 aromatic carbocycles. The number of hydrogen-bond donors (Lipinski definition) is 0. The molecule has 3 atom stereocenters. The van der Waals surface area contributed by atoms with Crippen molar-refractivity contribution in [3.63, 3.8) is 0 Å². The van der Waals surface area contributed by atoms with Crippen LogP contribution in [0.25, 0.3) is 5.57 Å². The fraction of sp³-hybridized carbons (Fsp3) is 0.579. The summed E-state index contributed by atoms with van der Waals surface area (Å²) < 4.78 is 5.47. The van der Waals surface area contributed by atoms with E-state index in [4.69, 9.17) is 4.74 Å². The molecule has 114 valence electrons. The second kappa shape index (κ2) is 5.84. The smallest absolute Gasteiger partial charge is 0.119 e. The molecule has 2 nitrogen and oxygen atoms in total. The molecule has 0 aliphatic heterocycles. The SMILES string of the molecule is COc1cc(C)cc(C2=C[C@H]3CC[C@H](C3)[C@@H]2CN(C)C)c1. The van der Waals surface area contributed by atoms with E-state index in [9.17, 15) is 0 Å². The zero-order chi connectivity index (χ0) is 15.0. The van der Waals surface area contributed by atoms with E-state index in [1.807, 2.05) is 0 Å². The Bertz CT molecular complexity index is 546. The van der Waals surface area contributed by atoms with Crippen molar-refractivity contribution in [2.24, 2.45) is 17.8 Å². The van der Waals surface area contributed by atoms with E-state index in [2.05, 4.69) is 50.2 Å². The van der Waals surface area contributed by atoms with Gasteiger partial charge < -0.3 is 9.64 Å². The van der Waals surface area contributed by atoms with Crippen molar-refractivity contribution >= 4 is 5.57 Å². The van der Waals surface area contributed by atoms with Crippen LogP contribution in [0.5, 0.6) is 5.75 Å². The molecule has 2 aliphatic rings. The normalized spacial score (nSPS) is 27.9. The molecule has 0 radical (unpaired) electrons. The summed E-state index contributed by atoms with van der Waals surface area (Å²) in [5, 5.41) is 0. The number of hydrogen-bond acceptors (Lipinski definition) is 2. The fourth-order valence-corrected chi connectivity index (χ4v) is 4.18. The molecule has 1 fully saturated rings. The third-order valence-electron chi connectivity index (χ3n) is 5.08. The van der Waals surface area contributed by atoms with Crippen LogP contribution >= 0.6 is 0 Å². The van der Waals surface area contributed by atoms with Crippen molar-refractivity contribution in [2.45, 2.75) is 26.2 Å². The van der Waals surface area contributed by atoms with Crippen molar-refractivity contribution in [1.82, 2.24) is 4.90 Å². The first kappa shape index (κ1) is 14.6. The molecule has 2 heteroatoms. The highest BCUT2D eigenvalue weighted by Crippen LogP contribution is 2.48. The Labute approximate surface area is 128 Å². The third-order valence-corrected chi connectivity index (χ3v) is 5.08. The van der Waals surface area contributed by atoms with Gasteiger partial charge >= 0.3 is 0 Å². The molecule has 0 amide bonds. The lowest BCUT2D eigenvalue weighted by Crippen LogP contribution is -2.29. The van der Waals surface area contributed by atoms with E-state index in [-0.39, 0.29) is 0 Å². The van der Waals surface area contributed by atoms with Gasteiger partial charge in [0.25, 0.3) is 0 Å². The van der Waals surface area contributed by atoms with Gasteiger partial charge in [0.1, 0.15) is 5.75 Å². The maximum absolute atomic E-state index is 5.47.